The van der Waals surface area contributed by atoms with Crippen molar-refractivity contribution in [1.29, 1.82) is 0 Å². The van der Waals surface area contributed by atoms with Crippen LogP contribution in [0.25, 0.3) is 0 Å². The van der Waals surface area contributed by atoms with E-state index in [-0.39, 0.29) is 43.8 Å². The van der Waals surface area contributed by atoms with E-state index in [4.69, 9.17) is 0 Å². The van der Waals surface area contributed by atoms with Gasteiger partial charge in [0.15, 0.2) is 0 Å². The molecule has 0 aromatic heterocycles. The Kier molecular flexibility index (Phi) is 28.2. The quantitative estimate of drug-likeness (QED) is 0.0120. The summed E-state index contributed by atoms with van der Waals surface area (Å²) in [6.07, 6.45) is -1.22. The van der Waals surface area contributed by atoms with E-state index in [2.05, 4.69) is 41.8 Å². The Hall–Kier alpha value is -0.300. The second-order valence-electron chi connectivity index (χ2n) is 13.5. The zero-order chi connectivity index (χ0) is 56.3. The minimum Gasteiger partial charge on any atom is -1.00 e. The van der Waals surface area contributed by atoms with Gasteiger partial charge in [-0.05, 0) is 6.42 Å². The van der Waals surface area contributed by atoms with Gasteiger partial charge in [-0.3, -0.25) is 45.5 Å². The molecule has 0 aliphatic rings. The Morgan fingerprint density at radius 1 is 0.319 bits per heavy atom. The van der Waals surface area contributed by atoms with E-state index >= 15 is 0 Å². The largest absolute Gasteiger partial charge is 1.00 e. The van der Waals surface area contributed by atoms with Gasteiger partial charge in [0.05, 0.1) is 0 Å². The third-order valence-electron chi connectivity index (χ3n) is 7.77. The smallest absolute Gasteiger partial charge is 1.00 e. The van der Waals surface area contributed by atoms with Gasteiger partial charge >= 0.3 is 151 Å². The van der Waals surface area contributed by atoms with E-state index in [1.54, 1.807) is 0 Å². The minimum absolute atomic E-state index is 0. The molecular weight excluding hydrogens is 1240 g/mol. The summed E-state index contributed by atoms with van der Waals surface area (Å²) >= 11 is 0. The van der Waals surface area contributed by atoms with Gasteiger partial charge in [0.2, 0.25) is 0 Å². The Bertz CT molecular complexity index is 2750. The SMILES string of the molecule is CCCCCCCCCCCCCCCCC(OS(=O)(=O)O)C(OS(=O)(=O)O)(OS(=O)(=O)O)C(OS(=O)(=O)O)(OS(=O)(=O)O)C(OS(=O)(=O)O)(OS(=O)(=O)O)C(OS(=O)(=O)O)(OS(=O)(=O)O)OS(=O)(=O)O.[H-].[Na+]. The molecule has 0 aliphatic carbocycles. The molecule has 0 saturated heterocycles. The number of rotatable bonds is 39. The van der Waals surface area contributed by atoms with Crippen LogP contribution in [0.2, 0.25) is 0 Å². The van der Waals surface area contributed by atoms with Crippen molar-refractivity contribution >= 4 is 104 Å². The number of hydrogen-bond acceptors (Lipinski definition) is 30. The molecule has 51 heteroatoms. The van der Waals surface area contributed by atoms with Crippen LogP contribution >= 0.6 is 0 Å². The first-order valence-electron chi connectivity index (χ1n) is 18.1. The number of unbranched alkanes of at least 4 members (excludes halogenated alkanes) is 13. The molecule has 0 amide bonds. The maximum atomic E-state index is 12.7. The molecule has 0 radical (unpaired) electrons. The average Bonchev–Trinajstić information content (AvgIpc) is 3.03. The van der Waals surface area contributed by atoms with Gasteiger partial charge in [-0.1, -0.05) is 96.8 Å². The Balaban J connectivity index is -0.0000245. The monoisotopic (exact) mass is 1280 g/mol. The van der Waals surface area contributed by atoms with Crippen LogP contribution in [0.15, 0.2) is 0 Å². The molecule has 0 spiro atoms. The van der Waals surface area contributed by atoms with Gasteiger partial charge in [0.25, 0.3) is 5.79 Å². The van der Waals surface area contributed by atoms with E-state index in [1.807, 2.05) is 6.92 Å². The van der Waals surface area contributed by atoms with E-state index in [0.717, 1.165) is 44.9 Å². The molecule has 1 unspecified atom stereocenters. The van der Waals surface area contributed by atoms with Gasteiger partial charge < -0.3 is 1.43 Å². The summed E-state index contributed by atoms with van der Waals surface area (Å²) in [5.74, 6) is -30.0. The molecule has 0 bridgehead atoms. The summed E-state index contributed by atoms with van der Waals surface area (Å²) in [5.41, 5.74) is 0. The predicted molar refractivity (Wildman–Crippen MR) is 217 cm³/mol. The molecule has 430 valence electrons. The molecule has 10 N–H and O–H groups in total. The Morgan fingerprint density at radius 2 is 0.542 bits per heavy atom. The first-order valence-corrected chi connectivity index (χ1v) is 31.7. The van der Waals surface area contributed by atoms with Crippen LogP contribution in [0.1, 0.15) is 105 Å². The van der Waals surface area contributed by atoms with Crippen LogP contribution in [-0.2, 0) is 146 Å². The van der Waals surface area contributed by atoms with Crippen LogP contribution in [0, 0.1) is 0 Å². The molecule has 0 fully saturated rings. The van der Waals surface area contributed by atoms with E-state index in [9.17, 15) is 130 Å². The van der Waals surface area contributed by atoms with E-state index < -0.39 is 153 Å². The summed E-state index contributed by atoms with van der Waals surface area (Å²) in [6, 6.07) is 0. The van der Waals surface area contributed by atoms with Crippen molar-refractivity contribution in [3.63, 3.8) is 0 Å². The summed E-state index contributed by atoms with van der Waals surface area (Å²) < 4.78 is 382. The molecule has 0 rings (SSSR count). The fourth-order valence-corrected chi connectivity index (χ4v) is 11.3. The van der Waals surface area contributed by atoms with Crippen molar-refractivity contribution in [2.45, 2.75) is 133 Å². The Morgan fingerprint density at radius 3 is 0.764 bits per heavy atom. The van der Waals surface area contributed by atoms with E-state index in [0.29, 0.717) is 19.3 Å². The molecule has 0 aromatic carbocycles. The van der Waals surface area contributed by atoms with Crippen molar-refractivity contribution < 1.29 is 203 Å². The molecular formula is C21H45NaO40S10. The standard InChI is InChI=1S/C21H44O40S10.Na.H/c1-2-3-4-5-6-7-8-9-10-11-12-13-14-15-16-17(52-62(22,23)24)18(53-63(25,26)27,54-64(28,29)30)19(55-65(31,32)33,56-66(34,35)36)20(57-67(37,38)39,58-68(40,41)42)21(59-69(43,44)45,60-70(46,47)48)61-71(49,50)51;;/h17H,2-16H2,1H3,(H,22,23,24)(H,25,26,27)(H,28,29,30)(H,31,32,33)(H,34,35,36)(H,37,38,39)(H,40,41,42)(H,43,44,45)(H,46,47,48)(H,49,50,51);;/q;+1;-1. The second-order valence-corrected chi connectivity index (χ2v) is 23.7. The zero-order valence-corrected chi connectivity index (χ0v) is 46.2. The van der Waals surface area contributed by atoms with Gasteiger partial charge in [0.1, 0.15) is 6.10 Å². The van der Waals surface area contributed by atoms with Gasteiger partial charge in [-0.15, -0.1) is 0 Å². The fourth-order valence-electron chi connectivity index (χ4n) is 5.84. The first kappa shape index (κ1) is 73.8. The van der Waals surface area contributed by atoms with Gasteiger partial charge in [-0.25, -0.2) is 12.5 Å². The summed E-state index contributed by atoms with van der Waals surface area (Å²) in [6.45, 7) is 2.01. The van der Waals surface area contributed by atoms with Crippen LogP contribution < -0.4 is 29.6 Å². The third-order valence-corrected chi connectivity index (χ3v) is 12.2. The third kappa shape index (κ3) is 28.4. The van der Waals surface area contributed by atoms with E-state index in [1.165, 1.54) is 0 Å². The van der Waals surface area contributed by atoms with Crippen LogP contribution in [-0.4, -0.2) is 159 Å². The van der Waals surface area contributed by atoms with Crippen molar-refractivity contribution in [3.05, 3.63) is 0 Å². The van der Waals surface area contributed by atoms with Crippen molar-refractivity contribution in [2.75, 3.05) is 0 Å². The molecule has 1 atom stereocenters. The fraction of sp³-hybridized carbons (Fsp3) is 1.00. The predicted octanol–water partition coefficient (Wildman–Crippen LogP) is -4.72. The van der Waals surface area contributed by atoms with Gasteiger partial charge in [-0.2, -0.15) is 113 Å². The minimum atomic E-state index is -8.08. The molecule has 0 saturated carbocycles. The first-order chi connectivity index (χ1) is 31.3. The zero-order valence-electron chi connectivity index (χ0n) is 37.0. The Labute approximate surface area is 435 Å². The second kappa shape index (κ2) is 27.5. The molecule has 72 heavy (non-hydrogen) atoms. The summed E-state index contributed by atoms with van der Waals surface area (Å²) in [5, 5.41) is 0. The topological polar surface area (TPSA) is 636 Å². The van der Waals surface area contributed by atoms with Crippen molar-refractivity contribution in [1.82, 2.24) is 0 Å². The maximum absolute atomic E-state index is 12.7. The van der Waals surface area contributed by atoms with Crippen LogP contribution in [0.4, 0.5) is 0 Å². The van der Waals surface area contributed by atoms with Crippen molar-refractivity contribution in [2.24, 2.45) is 0 Å². The molecule has 40 nitrogen and oxygen atoms in total. The number of hydrogen-bond donors (Lipinski definition) is 10. The summed E-state index contributed by atoms with van der Waals surface area (Å²) in [4.78, 5) is 0. The molecule has 0 heterocycles. The molecule has 0 aromatic rings. The normalized spacial score (nSPS) is 15.3. The van der Waals surface area contributed by atoms with Gasteiger partial charge in [0, 0.05) is 0 Å². The maximum Gasteiger partial charge on any atom is 1.00 e. The summed E-state index contributed by atoms with van der Waals surface area (Å²) in [7, 11) is -78.2. The van der Waals surface area contributed by atoms with Crippen LogP contribution in [0.3, 0.4) is 0 Å². The average molecular weight is 1280 g/mol. The van der Waals surface area contributed by atoms with Crippen molar-refractivity contribution in [3.8, 4) is 0 Å². The molecule has 0 aliphatic heterocycles. The van der Waals surface area contributed by atoms with Crippen LogP contribution in [0.5, 0.6) is 0 Å².